The van der Waals surface area contributed by atoms with Crippen molar-refractivity contribution in [1.82, 2.24) is 20.3 Å². The molecule has 0 saturated carbocycles. The van der Waals surface area contributed by atoms with Crippen LogP contribution in [0.3, 0.4) is 0 Å². The van der Waals surface area contributed by atoms with E-state index < -0.39 is 5.97 Å². The molecule has 1 aliphatic rings. The summed E-state index contributed by atoms with van der Waals surface area (Å²) < 4.78 is 6.45. The average molecular weight is 238 g/mol. The first kappa shape index (κ1) is 12.0. The minimum Gasteiger partial charge on any atom is -0.464 e. The average Bonchev–Trinajstić information content (AvgIpc) is 2.72. The minimum atomic E-state index is -0.421. The Bertz CT molecular complexity index is 396. The summed E-state index contributed by atoms with van der Waals surface area (Å²) in [6.07, 6.45) is 2.39. The van der Waals surface area contributed by atoms with E-state index in [9.17, 15) is 4.79 Å². The van der Waals surface area contributed by atoms with E-state index in [1.54, 1.807) is 4.68 Å². The molecule has 1 unspecified atom stereocenters. The molecule has 1 aromatic rings. The fourth-order valence-electron chi connectivity index (χ4n) is 2.14. The SMILES string of the molecule is COC(=O)c1nnn(CC2CCCNC2)c1C. The largest absolute Gasteiger partial charge is 0.464 e. The molecule has 94 valence electrons. The number of ether oxygens (including phenoxy) is 1. The Morgan fingerprint density at radius 3 is 3.12 bits per heavy atom. The van der Waals surface area contributed by atoms with E-state index in [1.165, 1.54) is 20.0 Å². The quantitative estimate of drug-likeness (QED) is 0.771. The van der Waals surface area contributed by atoms with Crippen molar-refractivity contribution in [2.45, 2.75) is 26.3 Å². The second-order valence-electron chi connectivity index (χ2n) is 4.41. The molecular weight excluding hydrogens is 220 g/mol. The van der Waals surface area contributed by atoms with Crippen molar-refractivity contribution in [3.63, 3.8) is 0 Å². The molecule has 1 fully saturated rings. The third-order valence-electron chi connectivity index (χ3n) is 3.19. The molecule has 0 spiro atoms. The zero-order valence-corrected chi connectivity index (χ0v) is 10.3. The zero-order valence-electron chi connectivity index (χ0n) is 10.3. The summed E-state index contributed by atoms with van der Waals surface area (Å²) in [4.78, 5) is 11.4. The van der Waals surface area contributed by atoms with Gasteiger partial charge in [-0.1, -0.05) is 5.21 Å². The zero-order chi connectivity index (χ0) is 12.3. The number of rotatable bonds is 3. The molecule has 1 saturated heterocycles. The lowest BCUT2D eigenvalue weighted by Gasteiger charge is -2.22. The molecule has 6 heteroatoms. The number of esters is 1. The third kappa shape index (κ3) is 2.63. The maximum absolute atomic E-state index is 11.4. The Balaban J connectivity index is 2.06. The Labute approximate surface area is 100 Å². The summed E-state index contributed by atoms with van der Waals surface area (Å²) in [5.74, 6) is 0.144. The van der Waals surface area contributed by atoms with Crippen LogP contribution < -0.4 is 5.32 Å². The highest BCUT2D eigenvalue weighted by Crippen LogP contribution is 2.14. The van der Waals surface area contributed by atoms with Crippen molar-refractivity contribution >= 4 is 5.97 Å². The maximum Gasteiger partial charge on any atom is 0.360 e. The second kappa shape index (κ2) is 5.27. The number of methoxy groups -OCH3 is 1. The molecule has 0 amide bonds. The summed E-state index contributed by atoms with van der Waals surface area (Å²) in [6, 6.07) is 0. The van der Waals surface area contributed by atoms with Gasteiger partial charge in [-0.3, -0.25) is 0 Å². The standard InChI is InChI=1S/C11H18N4O2/c1-8-10(11(16)17-2)13-14-15(8)7-9-4-3-5-12-6-9/h9,12H,3-7H2,1-2H3. The number of carbonyl (C=O) groups is 1. The van der Waals surface area contributed by atoms with Crippen LogP contribution in [-0.2, 0) is 11.3 Å². The van der Waals surface area contributed by atoms with Gasteiger partial charge in [-0.05, 0) is 38.8 Å². The first-order valence-electron chi connectivity index (χ1n) is 5.91. The van der Waals surface area contributed by atoms with E-state index in [1.807, 2.05) is 6.92 Å². The predicted octanol–water partition coefficient (Wildman–Crippen LogP) is 0.373. The van der Waals surface area contributed by atoms with E-state index in [-0.39, 0.29) is 0 Å². The minimum absolute atomic E-state index is 0.316. The van der Waals surface area contributed by atoms with Crippen molar-refractivity contribution in [2.24, 2.45) is 5.92 Å². The third-order valence-corrected chi connectivity index (χ3v) is 3.19. The monoisotopic (exact) mass is 238 g/mol. The Morgan fingerprint density at radius 2 is 2.47 bits per heavy atom. The molecule has 1 aliphatic heterocycles. The van der Waals surface area contributed by atoms with Gasteiger partial charge in [0.25, 0.3) is 0 Å². The highest BCUT2D eigenvalue weighted by molar-refractivity contribution is 5.88. The van der Waals surface area contributed by atoms with Crippen molar-refractivity contribution in [3.05, 3.63) is 11.4 Å². The lowest BCUT2D eigenvalue weighted by Crippen LogP contribution is -2.32. The van der Waals surface area contributed by atoms with Gasteiger partial charge >= 0.3 is 5.97 Å². The van der Waals surface area contributed by atoms with Gasteiger partial charge < -0.3 is 10.1 Å². The van der Waals surface area contributed by atoms with Gasteiger partial charge in [0.15, 0.2) is 5.69 Å². The van der Waals surface area contributed by atoms with Crippen LogP contribution in [0.25, 0.3) is 0 Å². The summed E-state index contributed by atoms with van der Waals surface area (Å²) in [6.45, 7) is 4.76. The van der Waals surface area contributed by atoms with Crippen molar-refractivity contribution < 1.29 is 9.53 Å². The van der Waals surface area contributed by atoms with Crippen molar-refractivity contribution in [3.8, 4) is 0 Å². The molecule has 1 aromatic heterocycles. The van der Waals surface area contributed by atoms with E-state index in [0.29, 0.717) is 11.6 Å². The van der Waals surface area contributed by atoms with E-state index in [0.717, 1.165) is 25.3 Å². The second-order valence-corrected chi connectivity index (χ2v) is 4.41. The van der Waals surface area contributed by atoms with Gasteiger partial charge in [-0.25, -0.2) is 9.48 Å². The van der Waals surface area contributed by atoms with Gasteiger partial charge in [-0.2, -0.15) is 0 Å². The number of hydrogen-bond donors (Lipinski definition) is 1. The molecule has 17 heavy (non-hydrogen) atoms. The van der Waals surface area contributed by atoms with Crippen LogP contribution in [0.5, 0.6) is 0 Å². The van der Waals surface area contributed by atoms with Gasteiger partial charge in [0.1, 0.15) is 0 Å². The molecular formula is C11H18N4O2. The topological polar surface area (TPSA) is 69.0 Å². The molecule has 6 nitrogen and oxygen atoms in total. The van der Waals surface area contributed by atoms with E-state index in [2.05, 4.69) is 20.4 Å². The number of carbonyl (C=O) groups excluding carboxylic acids is 1. The summed E-state index contributed by atoms with van der Waals surface area (Å²) in [5, 5.41) is 11.2. The molecule has 0 bridgehead atoms. The molecule has 1 atom stereocenters. The summed E-state index contributed by atoms with van der Waals surface area (Å²) >= 11 is 0. The van der Waals surface area contributed by atoms with Gasteiger partial charge in [0, 0.05) is 6.54 Å². The predicted molar refractivity (Wildman–Crippen MR) is 61.7 cm³/mol. The molecule has 2 rings (SSSR count). The van der Waals surface area contributed by atoms with Crippen molar-refractivity contribution in [1.29, 1.82) is 0 Å². The lowest BCUT2D eigenvalue weighted by atomic mass is 10.00. The Hall–Kier alpha value is -1.43. The molecule has 0 aliphatic carbocycles. The highest BCUT2D eigenvalue weighted by atomic mass is 16.5. The van der Waals surface area contributed by atoms with Crippen LogP contribution >= 0.6 is 0 Å². The molecule has 2 heterocycles. The Morgan fingerprint density at radius 1 is 1.65 bits per heavy atom. The van der Waals surface area contributed by atoms with Crippen LogP contribution in [0.4, 0.5) is 0 Å². The van der Waals surface area contributed by atoms with E-state index >= 15 is 0 Å². The van der Waals surface area contributed by atoms with Crippen LogP contribution in [0.1, 0.15) is 29.0 Å². The number of nitrogens with one attached hydrogen (secondary N) is 1. The first-order chi connectivity index (χ1) is 8.22. The van der Waals surface area contributed by atoms with Crippen LogP contribution in [0, 0.1) is 12.8 Å². The summed E-state index contributed by atoms with van der Waals surface area (Å²) in [7, 11) is 1.35. The molecule has 0 aromatic carbocycles. The Kier molecular flexibility index (Phi) is 3.73. The first-order valence-corrected chi connectivity index (χ1v) is 5.91. The fraction of sp³-hybridized carbons (Fsp3) is 0.727. The van der Waals surface area contributed by atoms with Crippen LogP contribution in [0.2, 0.25) is 0 Å². The molecule has 1 N–H and O–H groups in total. The summed E-state index contributed by atoms with van der Waals surface area (Å²) in [5.41, 5.74) is 1.10. The van der Waals surface area contributed by atoms with Gasteiger partial charge in [0.2, 0.25) is 0 Å². The smallest absolute Gasteiger partial charge is 0.360 e. The number of hydrogen-bond acceptors (Lipinski definition) is 5. The normalized spacial score (nSPS) is 20.2. The lowest BCUT2D eigenvalue weighted by molar-refractivity contribution is 0.0593. The van der Waals surface area contributed by atoms with Crippen LogP contribution in [0.15, 0.2) is 0 Å². The van der Waals surface area contributed by atoms with Gasteiger partial charge in [0.05, 0.1) is 12.8 Å². The van der Waals surface area contributed by atoms with Crippen molar-refractivity contribution in [2.75, 3.05) is 20.2 Å². The highest BCUT2D eigenvalue weighted by Gasteiger charge is 2.20. The van der Waals surface area contributed by atoms with Gasteiger partial charge in [-0.15, -0.1) is 5.10 Å². The fourth-order valence-corrected chi connectivity index (χ4v) is 2.14. The number of nitrogens with zero attached hydrogens (tertiary/aromatic N) is 3. The van der Waals surface area contributed by atoms with E-state index in [4.69, 9.17) is 0 Å². The number of aromatic nitrogens is 3. The maximum atomic E-state index is 11.4. The number of piperidine rings is 1. The van der Waals surface area contributed by atoms with Crippen LogP contribution in [-0.4, -0.2) is 41.2 Å². The molecule has 0 radical (unpaired) electrons.